The Kier molecular flexibility index (Phi) is 4.13. The maximum Gasteiger partial charge on any atom is 0.305 e. The average molecular weight is 340 g/mol. The first-order chi connectivity index (χ1) is 12.1. The molecule has 2 aliphatic rings. The molecule has 1 aliphatic carbocycles. The minimum Gasteiger partial charge on any atom is -0.481 e. The highest BCUT2D eigenvalue weighted by atomic mass is 16.5. The minimum atomic E-state index is -0.924. The summed E-state index contributed by atoms with van der Waals surface area (Å²) in [7, 11) is 0. The quantitative estimate of drug-likeness (QED) is 0.925. The van der Waals surface area contributed by atoms with E-state index in [-0.39, 0.29) is 18.9 Å². The molecule has 0 radical (unpaired) electrons. The smallest absolute Gasteiger partial charge is 0.305 e. The summed E-state index contributed by atoms with van der Waals surface area (Å²) >= 11 is 0. The Morgan fingerprint density at radius 3 is 2.84 bits per heavy atom. The number of carboxylic acids is 1. The number of rotatable bonds is 4. The van der Waals surface area contributed by atoms with Crippen molar-refractivity contribution in [3.05, 3.63) is 41.6 Å². The van der Waals surface area contributed by atoms with Gasteiger partial charge < -0.3 is 14.7 Å². The van der Waals surface area contributed by atoms with Gasteiger partial charge in [0.25, 0.3) is 5.91 Å². The fourth-order valence-corrected chi connectivity index (χ4v) is 3.41. The number of hydrogen-bond acceptors (Lipinski definition) is 4. The Bertz CT molecular complexity index is 831. The number of aromatic nitrogens is 1. The van der Waals surface area contributed by atoms with Crippen LogP contribution in [0.1, 0.15) is 41.2 Å². The van der Waals surface area contributed by atoms with Gasteiger partial charge in [0.15, 0.2) is 0 Å². The van der Waals surface area contributed by atoms with Crippen molar-refractivity contribution in [1.82, 2.24) is 9.88 Å². The van der Waals surface area contributed by atoms with Gasteiger partial charge in [-0.05, 0) is 25.0 Å². The van der Waals surface area contributed by atoms with Crippen LogP contribution >= 0.6 is 0 Å². The lowest BCUT2D eigenvalue weighted by molar-refractivity contribution is -0.139. The molecule has 1 N–H and O–H groups in total. The Morgan fingerprint density at radius 1 is 1.28 bits per heavy atom. The zero-order chi connectivity index (χ0) is 17.4. The van der Waals surface area contributed by atoms with Gasteiger partial charge in [0.1, 0.15) is 0 Å². The Morgan fingerprint density at radius 2 is 2.08 bits per heavy atom. The molecule has 1 saturated heterocycles. The molecule has 4 rings (SSSR count). The number of benzene rings is 1. The first kappa shape index (κ1) is 16.0. The third kappa shape index (κ3) is 3.22. The van der Waals surface area contributed by atoms with Crippen molar-refractivity contribution >= 4 is 22.8 Å². The highest BCUT2D eigenvalue weighted by Gasteiger charge is 2.32. The van der Waals surface area contributed by atoms with Gasteiger partial charge in [-0.2, -0.15) is 0 Å². The number of carboxylic acid groups (broad SMARTS) is 1. The first-order valence-corrected chi connectivity index (χ1v) is 8.63. The van der Waals surface area contributed by atoms with Crippen molar-refractivity contribution in [3.8, 4) is 0 Å². The first-order valence-electron chi connectivity index (χ1n) is 8.63. The molecule has 1 unspecified atom stereocenters. The largest absolute Gasteiger partial charge is 0.481 e. The van der Waals surface area contributed by atoms with Crippen LogP contribution < -0.4 is 0 Å². The zero-order valence-corrected chi connectivity index (χ0v) is 13.9. The second-order valence-electron chi connectivity index (χ2n) is 6.71. The third-order valence-corrected chi connectivity index (χ3v) is 4.86. The van der Waals surface area contributed by atoms with Crippen LogP contribution in [0.3, 0.4) is 0 Å². The summed E-state index contributed by atoms with van der Waals surface area (Å²) < 4.78 is 5.39. The molecule has 1 saturated carbocycles. The molecule has 0 bridgehead atoms. The van der Waals surface area contributed by atoms with Gasteiger partial charge in [0, 0.05) is 23.5 Å². The van der Waals surface area contributed by atoms with Gasteiger partial charge in [-0.3, -0.25) is 14.6 Å². The molecule has 6 heteroatoms. The summed E-state index contributed by atoms with van der Waals surface area (Å²) in [5.41, 5.74) is 2.40. The number of aliphatic carboxylic acids is 1. The van der Waals surface area contributed by atoms with Crippen LogP contribution in [0.4, 0.5) is 0 Å². The van der Waals surface area contributed by atoms with Crippen LogP contribution in [0.2, 0.25) is 0 Å². The molecule has 1 aromatic heterocycles. The van der Waals surface area contributed by atoms with Crippen LogP contribution in [0.5, 0.6) is 0 Å². The molecule has 2 fully saturated rings. The van der Waals surface area contributed by atoms with E-state index in [0.717, 1.165) is 29.4 Å². The number of amides is 1. The summed E-state index contributed by atoms with van der Waals surface area (Å²) in [5, 5.41) is 9.95. The summed E-state index contributed by atoms with van der Waals surface area (Å²) in [6, 6.07) is 9.10. The predicted octanol–water partition coefficient (Wildman–Crippen LogP) is 2.43. The van der Waals surface area contributed by atoms with Gasteiger partial charge in [-0.25, -0.2) is 0 Å². The number of carbonyl (C=O) groups excluding carboxylic acids is 1. The van der Waals surface area contributed by atoms with Crippen molar-refractivity contribution in [2.45, 2.75) is 31.2 Å². The number of ether oxygens (including phenoxy) is 1. The number of nitrogens with zero attached hydrogens (tertiary/aromatic N) is 2. The lowest BCUT2D eigenvalue weighted by Gasteiger charge is -2.35. The second-order valence-corrected chi connectivity index (χ2v) is 6.71. The van der Waals surface area contributed by atoms with E-state index < -0.39 is 12.0 Å². The van der Waals surface area contributed by atoms with Gasteiger partial charge in [0.05, 0.1) is 36.8 Å². The molecule has 6 nitrogen and oxygen atoms in total. The van der Waals surface area contributed by atoms with E-state index in [1.165, 1.54) is 0 Å². The molecule has 1 amide bonds. The van der Waals surface area contributed by atoms with E-state index in [9.17, 15) is 9.59 Å². The predicted molar refractivity (Wildman–Crippen MR) is 91.6 cm³/mol. The monoisotopic (exact) mass is 340 g/mol. The van der Waals surface area contributed by atoms with Gasteiger partial charge in [-0.15, -0.1) is 0 Å². The fourth-order valence-electron chi connectivity index (χ4n) is 3.41. The Hall–Kier alpha value is -2.47. The summed E-state index contributed by atoms with van der Waals surface area (Å²) in [5.74, 6) is -0.614. The van der Waals surface area contributed by atoms with E-state index in [0.29, 0.717) is 24.6 Å². The normalized spacial score (nSPS) is 20.6. The van der Waals surface area contributed by atoms with Crippen molar-refractivity contribution in [3.63, 3.8) is 0 Å². The van der Waals surface area contributed by atoms with Crippen LogP contribution in [0.15, 0.2) is 30.3 Å². The molecule has 1 atom stereocenters. The Balaban J connectivity index is 1.74. The zero-order valence-electron chi connectivity index (χ0n) is 13.9. The lowest BCUT2D eigenvalue weighted by atomic mass is 10.0. The molecule has 130 valence electrons. The van der Waals surface area contributed by atoms with E-state index in [1.807, 2.05) is 30.3 Å². The summed E-state index contributed by atoms with van der Waals surface area (Å²) in [6.45, 7) is 1.10. The standard InChI is InChI=1S/C19H20N2O4/c22-18(23)9-13-11-25-8-7-21(13)19(24)15-10-17(12-5-6-12)20-16-4-2-1-3-14(15)16/h1-4,10,12-13H,5-9,11H2,(H,22,23). The van der Waals surface area contributed by atoms with E-state index >= 15 is 0 Å². The highest BCUT2D eigenvalue weighted by molar-refractivity contribution is 6.06. The van der Waals surface area contributed by atoms with Crippen LogP contribution in [0, 0.1) is 0 Å². The van der Waals surface area contributed by atoms with Gasteiger partial charge in [0.2, 0.25) is 0 Å². The molecule has 1 aromatic carbocycles. The fraction of sp³-hybridized carbons (Fsp3) is 0.421. The minimum absolute atomic E-state index is 0.107. The second kappa shape index (κ2) is 6.44. The SMILES string of the molecule is O=C(O)CC1COCCN1C(=O)c1cc(C2CC2)nc2ccccc12. The van der Waals surface area contributed by atoms with Crippen LogP contribution in [-0.4, -0.2) is 52.7 Å². The number of fused-ring (bicyclic) bond motifs is 1. The molecule has 0 spiro atoms. The maximum atomic E-state index is 13.3. The molecular formula is C19H20N2O4. The molecule has 25 heavy (non-hydrogen) atoms. The van der Waals surface area contributed by atoms with Crippen LogP contribution in [0.25, 0.3) is 10.9 Å². The van der Waals surface area contributed by atoms with Crippen molar-refractivity contribution in [2.24, 2.45) is 0 Å². The summed E-state index contributed by atoms with van der Waals surface area (Å²) in [4.78, 5) is 30.7. The number of para-hydroxylation sites is 1. The van der Waals surface area contributed by atoms with Crippen molar-refractivity contribution in [1.29, 1.82) is 0 Å². The number of carbonyl (C=O) groups is 2. The van der Waals surface area contributed by atoms with Crippen molar-refractivity contribution in [2.75, 3.05) is 19.8 Å². The van der Waals surface area contributed by atoms with Gasteiger partial charge >= 0.3 is 5.97 Å². The molecular weight excluding hydrogens is 320 g/mol. The summed E-state index contributed by atoms with van der Waals surface area (Å²) in [6.07, 6.45) is 2.11. The van der Waals surface area contributed by atoms with Gasteiger partial charge in [-0.1, -0.05) is 18.2 Å². The van der Waals surface area contributed by atoms with Crippen LogP contribution in [-0.2, 0) is 9.53 Å². The molecule has 1 aliphatic heterocycles. The lowest BCUT2D eigenvalue weighted by Crippen LogP contribution is -2.49. The molecule has 2 heterocycles. The van der Waals surface area contributed by atoms with Crippen molar-refractivity contribution < 1.29 is 19.4 Å². The average Bonchev–Trinajstić information content (AvgIpc) is 3.45. The Labute approximate surface area is 145 Å². The third-order valence-electron chi connectivity index (χ3n) is 4.86. The highest BCUT2D eigenvalue weighted by Crippen LogP contribution is 2.40. The number of hydrogen-bond donors (Lipinski definition) is 1. The number of morpholine rings is 1. The topological polar surface area (TPSA) is 79.7 Å². The van der Waals surface area contributed by atoms with E-state index in [1.54, 1.807) is 4.90 Å². The van der Waals surface area contributed by atoms with E-state index in [4.69, 9.17) is 14.8 Å². The molecule has 2 aromatic rings. The van der Waals surface area contributed by atoms with E-state index in [2.05, 4.69) is 0 Å². The number of pyridine rings is 1. The maximum absolute atomic E-state index is 13.3.